The van der Waals surface area contributed by atoms with Gasteiger partial charge in [0, 0.05) is 17.0 Å². The van der Waals surface area contributed by atoms with Crippen LogP contribution < -0.4 is 10.4 Å². The van der Waals surface area contributed by atoms with Gasteiger partial charge in [0.1, 0.15) is 11.3 Å². The van der Waals surface area contributed by atoms with E-state index in [9.17, 15) is 22.8 Å². The van der Waals surface area contributed by atoms with Crippen LogP contribution in [0, 0.1) is 6.92 Å². The van der Waals surface area contributed by atoms with Gasteiger partial charge in [-0.3, -0.25) is 0 Å². The fourth-order valence-electron chi connectivity index (χ4n) is 2.20. The van der Waals surface area contributed by atoms with E-state index in [1.807, 2.05) is 0 Å². The minimum Gasteiger partial charge on any atom is -0.479 e. The lowest BCUT2D eigenvalue weighted by molar-refractivity contribution is -0.150. The first-order valence-corrected chi connectivity index (χ1v) is 7.13. The molecule has 0 aliphatic heterocycles. The van der Waals surface area contributed by atoms with E-state index < -0.39 is 29.4 Å². The third-order valence-electron chi connectivity index (χ3n) is 3.34. The summed E-state index contributed by atoms with van der Waals surface area (Å²) in [5.41, 5.74) is -2.24. The topological polar surface area (TPSA) is 65.7 Å². The zero-order valence-corrected chi connectivity index (χ0v) is 13.2. The van der Waals surface area contributed by atoms with Crippen molar-refractivity contribution in [3.05, 3.63) is 39.7 Å². The third kappa shape index (κ3) is 3.52. The van der Waals surface area contributed by atoms with Crippen LogP contribution in [0.15, 0.2) is 27.4 Å². The van der Waals surface area contributed by atoms with Gasteiger partial charge < -0.3 is 13.9 Å². The number of hydrogen-bond acceptors (Lipinski definition) is 5. The predicted octanol–water partition coefficient (Wildman–Crippen LogP) is 3.45. The summed E-state index contributed by atoms with van der Waals surface area (Å²) in [6.07, 6.45) is -5.65. The molecule has 2 aromatic rings. The Labute approximate surface area is 135 Å². The number of benzene rings is 1. The Morgan fingerprint density at radius 3 is 2.58 bits per heavy atom. The largest absolute Gasteiger partial charge is 0.479 e. The third-order valence-corrected chi connectivity index (χ3v) is 3.34. The highest BCUT2D eigenvalue weighted by atomic mass is 19.4. The van der Waals surface area contributed by atoms with Crippen molar-refractivity contribution in [2.75, 3.05) is 6.61 Å². The Balaban J connectivity index is 2.52. The van der Waals surface area contributed by atoms with Gasteiger partial charge >= 0.3 is 17.8 Å². The Bertz CT molecular complexity index is 823. The number of hydrogen-bond donors (Lipinski definition) is 0. The summed E-state index contributed by atoms with van der Waals surface area (Å²) in [6.45, 7) is 4.70. The summed E-state index contributed by atoms with van der Waals surface area (Å²) in [6, 6.07) is 2.84. The summed E-state index contributed by atoms with van der Waals surface area (Å²) in [5, 5.41) is -0.254. The first kappa shape index (κ1) is 17.8. The lowest BCUT2D eigenvalue weighted by atomic mass is 10.1. The van der Waals surface area contributed by atoms with E-state index in [0.717, 1.165) is 6.07 Å². The smallest absolute Gasteiger partial charge is 0.417 e. The second-order valence-corrected chi connectivity index (χ2v) is 5.05. The van der Waals surface area contributed by atoms with Crippen LogP contribution in [0.5, 0.6) is 5.75 Å². The van der Waals surface area contributed by atoms with Gasteiger partial charge in [0.2, 0.25) is 0 Å². The number of ether oxygens (including phenoxy) is 2. The van der Waals surface area contributed by atoms with E-state index in [0.29, 0.717) is 6.07 Å². The molecule has 0 saturated carbocycles. The van der Waals surface area contributed by atoms with Crippen molar-refractivity contribution in [3.8, 4) is 5.75 Å². The minimum absolute atomic E-state index is 0.130. The molecular formula is C16H15F3O5. The van der Waals surface area contributed by atoms with Crippen LogP contribution in [-0.2, 0) is 15.7 Å². The van der Waals surface area contributed by atoms with Crippen LogP contribution in [-0.4, -0.2) is 18.7 Å². The Kier molecular flexibility index (Phi) is 4.86. The maximum absolute atomic E-state index is 13.1. The number of alkyl halides is 3. The summed E-state index contributed by atoms with van der Waals surface area (Å²) < 4.78 is 54.3. The maximum Gasteiger partial charge on any atom is 0.417 e. The lowest BCUT2D eigenvalue weighted by Gasteiger charge is -2.16. The predicted molar refractivity (Wildman–Crippen MR) is 78.9 cm³/mol. The van der Waals surface area contributed by atoms with Gasteiger partial charge in [0.25, 0.3) is 0 Å². The maximum atomic E-state index is 13.1. The molecule has 1 heterocycles. The molecule has 1 unspecified atom stereocenters. The highest BCUT2D eigenvalue weighted by Gasteiger charge is 2.34. The summed E-state index contributed by atoms with van der Waals surface area (Å²) in [4.78, 5) is 23.0. The Hall–Kier alpha value is -2.51. The van der Waals surface area contributed by atoms with Gasteiger partial charge in [0.15, 0.2) is 6.10 Å². The summed E-state index contributed by atoms with van der Waals surface area (Å²) in [5.74, 6) is -0.479. The SMILES string of the molecule is CCOC(=O)C(C)Oc1ccc2c(C(F)(F)F)cc(=O)oc2c1C. The van der Waals surface area contributed by atoms with Gasteiger partial charge in [-0.15, -0.1) is 0 Å². The normalized spacial score (nSPS) is 12.9. The molecule has 1 atom stereocenters. The van der Waals surface area contributed by atoms with Crippen molar-refractivity contribution >= 4 is 16.9 Å². The number of esters is 1. The van der Waals surface area contributed by atoms with Crippen LogP contribution in [0.1, 0.15) is 25.0 Å². The number of aryl methyl sites for hydroxylation is 1. The van der Waals surface area contributed by atoms with Gasteiger partial charge in [-0.2, -0.15) is 13.2 Å². The molecular weight excluding hydrogens is 329 g/mol. The second kappa shape index (κ2) is 6.54. The first-order chi connectivity index (χ1) is 11.1. The van der Waals surface area contributed by atoms with E-state index in [1.54, 1.807) is 6.92 Å². The standard InChI is InChI=1S/C16H15F3O5/c1-4-22-15(21)9(3)23-12-6-5-10-11(16(17,18)19)7-13(20)24-14(10)8(12)2/h5-7,9H,4H2,1-3H3. The molecule has 1 aromatic heterocycles. The lowest BCUT2D eigenvalue weighted by Crippen LogP contribution is -2.26. The highest BCUT2D eigenvalue weighted by Crippen LogP contribution is 2.36. The summed E-state index contributed by atoms with van der Waals surface area (Å²) >= 11 is 0. The van der Waals surface area contributed by atoms with Crippen LogP contribution in [0.2, 0.25) is 0 Å². The molecule has 2 rings (SSSR count). The van der Waals surface area contributed by atoms with Crippen molar-refractivity contribution in [2.24, 2.45) is 0 Å². The molecule has 0 N–H and O–H groups in total. The van der Waals surface area contributed by atoms with E-state index in [2.05, 4.69) is 0 Å². The Morgan fingerprint density at radius 1 is 1.33 bits per heavy atom. The van der Waals surface area contributed by atoms with Gasteiger partial charge in [-0.25, -0.2) is 9.59 Å². The van der Waals surface area contributed by atoms with E-state index in [-0.39, 0.29) is 28.9 Å². The van der Waals surface area contributed by atoms with Crippen LogP contribution in [0.4, 0.5) is 13.2 Å². The van der Waals surface area contributed by atoms with Crippen LogP contribution >= 0.6 is 0 Å². The van der Waals surface area contributed by atoms with E-state index >= 15 is 0 Å². The van der Waals surface area contributed by atoms with Gasteiger partial charge in [-0.05, 0) is 32.9 Å². The molecule has 0 bridgehead atoms. The molecule has 130 valence electrons. The monoisotopic (exact) mass is 344 g/mol. The molecule has 0 aliphatic rings. The Morgan fingerprint density at radius 2 is 2.00 bits per heavy atom. The molecule has 0 aliphatic carbocycles. The average Bonchev–Trinajstić information content (AvgIpc) is 2.49. The molecule has 0 radical (unpaired) electrons. The second-order valence-electron chi connectivity index (χ2n) is 5.05. The zero-order valence-electron chi connectivity index (χ0n) is 13.2. The number of halogens is 3. The molecule has 0 spiro atoms. The van der Waals surface area contributed by atoms with Crippen molar-refractivity contribution in [3.63, 3.8) is 0 Å². The van der Waals surface area contributed by atoms with Crippen molar-refractivity contribution in [2.45, 2.75) is 33.1 Å². The minimum atomic E-state index is -4.69. The van der Waals surface area contributed by atoms with Crippen molar-refractivity contribution in [1.29, 1.82) is 0 Å². The molecule has 5 nitrogen and oxygen atoms in total. The average molecular weight is 344 g/mol. The van der Waals surface area contributed by atoms with Crippen molar-refractivity contribution in [1.82, 2.24) is 0 Å². The fourth-order valence-corrected chi connectivity index (χ4v) is 2.20. The van der Waals surface area contributed by atoms with Gasteiger partial charge in [-0.1, -0.05) is 0 Å². The molecule has 0 saturated heterocycles. The summed E-state index contributed by atoms with van der Waals surface area (Å²) in [7, 11) is 0. The van der Waals surface area contributed by atoms with E-state index in [4.69, 9.17) is 13.9 Å². The molecule has 8 heteroatoms. The fraction of sp³-hybridized carbons (Fsp3) is 0.375. The number of carbonyl (C=O) groups is 1. The highest BCUT2D eigenvalue weighted by molar-refractivity contribution is 5.85. The quantitative estimate of drug-likeness (QED) is 0.628. The van der Waals surface area contributed by atoms with Crippen LogP contribution in [0.3, 0.4) is 0 Å². The first-order valence-electron chi connectivity index (χ1n) is 7.13. The molecule has 0 amide bonds. The van der Waals surface area contributed by atoms with Crippen molar-refractivity contribution < 1.29 is 31.9 Å². The van der Waals surface area contributed by atoms with Gasteiger partial charge in [0.05, 0.1) is 12.2 Å². The number of fused-ring (bicyclic) bond motifs is 1. The number of rotatable bonds is 4. The number of carbonyl (C=O) groups excluding carboxylic acids is 1. The van der Waals surface area contributed by atoms with Crippen LogP contribution in [0.25, 0.3) is 11.0 Å². The zero-order chi connectivity index (χ0) is 18.1. The molecule has 24 heavy (non-hydrogen) atoms. The van der Waals surface area contributed by atoms with E-state index in [1.165, 1.54) is 19.9 Å². The molecule has 0 fully saturated rings. The molecule has 1 aromatic carbocycles.